The fourth-order valence-corrected chi connectivity index (χ4v) is 1.32. The van der Waals surface area contributed by atoms with Crippen molar-refractivity contribution < 1.29 is 60.0 Å². The highest BCUT2D eigenvalue weighted by atomic mass is 16.9. The van der Waals surface area contributed by atoms with Crippen LogP contribution in [-0.2, 0) is 28.4 Å². The molecule has 1 heterocycles. The normalized spacial score (nSPS) is 17.1. The van der Waals surface area contributed by atoms with Gasteiger partial charge in [0, 0.05) is 0 Å². The third-order valence-electron chi connectivity index (χ3n) is 2.23. The van der Waals surface area contributed by atoms with E-state index in [1.807, 2.05) is 0 Å². The monoisotopic (exact) mass is 426 g/mol. The van der Waals surface area contributed by atoms with Crippen LogP contribution in [0.25, 0.3) is 0 Å². The maximum absolute atomic E-state index is 8.36. The second-order valence-corrected chi connectivity index (χ2v) is 4.15. The molecule has 0 bridgehead atoms. The number of hydrogen-bond acceptors (Lipinski definition) is 10. The van der Waals surface area contributed by atoms with Crippen LogP contribution in [0.3, 0.4) is 0 Å². The van der Waals surface area contributed by atoms with E-state index in [-0.39, 0.29) is 11.0 Å². The van der Waals surface area contributed by atoms with E-state index in [9.17, 15) is 0 Å². The van der Waals surface area contributed by atoms with E-state index < -0.39 is 10.2 Å². The van der Waals surface area contributed by atoms with Gasteiger partial charge in [0.2, 0.25) is 0 Å². The molecule has 1 aliphatic rings. The Bertz CT molecular complexity index is 228. The number of rotatable bonds is 0. The van der Waals surface area contributed by atoms with E-state index in [2.05, 4.69) is 0 Å². The lowest BCUT2D eigenvalue weighted by molar-refractivity contribution is -0.742. The molecule has 1 rings (SSSR count). The molecular weight excluding hydrogens is 396 g/mol. The molecule has 6 N–H and O–H groups in total. The zero-order valence-electron chi connectivity index (χ0n) is 15.4. The summed E-state index contributed by atoms with van der Waals surface area (Å²) in [4.78, 5) is 16.7. The minimum Gasteiger partial charge on any atom is -0.412 e. The SMILES string of the molecule is C1COCCOCCOCCOCCOCCO1.O.O.O=[N+]([O-])O.O=[N+]([O-])O. The molecule has 28 heavy (non-hydrogen) atoms. The summed E-state index contributed by atoms with van der Waals surface area (Å²) >= 11 is 0. The highest BCUT2D eigenvalue weighted by Gasteiger charge is 1.95. The van der Waals surface area contributed by atoms with Gasteiger partial charge in [0.05, 0.1) is 79.3 Å². The molecule has 1 aliphatic heterocycles. The molecular formula is C12H30N2O14. The van der Waals surface area contributed by atoms with E-state index in [1.165, 1.54) is 0 Å². The Balaban J connectivity index is -0.000000246. The summed E-state index contributed by atoms with van der Waals surface area (Å²) in [5, 5.41) is 27.3. The first kappa shape index (κ1) is 33.6. The summed E-state index contributed by atoms with van der Waals surface area (Å²) in [7, 11) is 0. The van der Waals surface area contributed by atoms with Gasteiger partial charge in [-0.25, -0.2) is 0 Å². The summed E-state index contributed by atoms with van der Waals surface area (Å²) in [6.45, 7) is 7.04. The average molecular weight is 426 g/mol. The van der Waals surface area contributed by atoms with Gasteiger partial charge in [-0.2, -0.15) is 0 Å². The smallest absolute Gasteiger partial charge is 0.291 e. The first-order chi connectivity index (χ1) is 12.5. The summed E-state index contributed by atoms with van der Waals surface area (Å²) in [5.74, 6) is 0. The molecule has 0 saturated carbocycles. The van der Waals surface area contributed by atoms with Gasteiger partial charge < -0.3 is 49.8 Å². The first-order valence-corrected chi connectivity index (χ1v) is 7.59. The molecule has 16 nitrogen and oxygen atoms in total. The molecule has 0 radical (unpaired) electrons. The van der Waals surface area contributed by atoms with Gasteiger partial charge >= 0.3 is 0 Å². The Morgan fingerprint density at radius 2 is 0.536 bits per heavy atom. The second-order valence-electron chi connectivity index (χ2n) is 4.15. The predicted octanol–water partition coefficient (Wildman–Crippen LogP) is -2.25. The zero-order chi connectivity index (χ0) is 19.9. The molecule has 0 aliphatic carbocycles. The third-order valence-corrected chi connectivity index (χ3v) is 2.23. The van der Waals surface area contributed by atoms with Gasteiger partial charge in [0.25, 0.3) is 10.2 Å². The molecule has 0 aromatic heterocycles. The topological polar surface area (TPSA) is 245 Å². The molecule has 0 amide bonds. The minimum absolute atomic E-state index is 0. The van der Waals surface area contributed by atoms with Crippen LogP contribution in [0.4, 0.5) is 0 Å². The van der Waals surface area contributed by atoms with Crippen molar-refractivity contribution in [3.8, 4) is 0 Å². The summed E-state index contributed by atoms with van der Waals surface area (Å²) < 4.78 is 32.0. The maximum Gasteiger partial charge on any atom is 0.291 e. The highest BCUT2D eigenvalue weighted by Crippen LogP contribution is 1.86. The second kappa shape index (κ2) is 29.8. The highest BCUT2D eigenvalue weighted by molar-refractivity contribution is 4.38. The fourth-order valence-electron chi connectivity index (χ4n) is 1.32. The Hall–Kier alpha value is -1.92. The fraction of sp³-hybridized carbons (Fsp3) is 1.00. The number of hydrogen-bond donors (Lipinski definition) is 2. The lowest BCUT2D eigenvalue weighted by Gasteiger charge is -2.09. The molecule has 0 atom stereocenters. The largest absolute Gasteiger partial charge is 0.412 e. The van der Waals surface area contributed by atoms with Gasteiger partial charge in [0.1, 0.15) is 0 Å². The van der Waals surface area contributed by atoms with Crippen LogP contribution < -0.4 is 0 Å². The molecule has 172 valence electrons. The van der Waals surface area contributed by atoms with Gasteiger partial charge in [-0.1, -0.05) is 0 Å². The molecule has 0 aromatic rings. The number of nitrogens with zero attached hydrogens (tertiary/aromatic N) is 2. The standard InChI is InChI=1S/C12H24O6.2HNO3.2H2O/c1-2-14-5-6-16-9-10-18-12-11-17-8-7-15-4-3-13-1;2*2-1(3)4;;/h1-12H2;2*(H,2,3,4);2*1H2. The molecule has 0 unspecified atom stereocenters. The molecule has 1 fully saturated rings. The van der Waals surface area contributed by atoms with Crippen molar-refractivity contribution in [1.29, 1.82) is 0 Å². The summed E-state index contributed by atoms with van der Waals surface area (Å²) in [6, 6.07) is 0. The Kier molecular flexibility index (Phi) is 35.8. The van der Waals surface area contributed by atoms with Crippen LogP contribution in [0, 0.1) is 20.2 Å². The number of ether oxygens (including phenoxy) is 6. The molecule has 0 spiro atoms. The van der Waals surface area contributed by atoms with E-state index in [1.54, 1.807) is 0 Å². The zero-order valence-corrected chi connectivity index (χ0v) is 15.4. The van der Waals surface area contributed by atoms with Crippen LogP contribution in [0.1, 0.15) is 0 Å². The lowest BCUT2D eigenvalue weighted by Crippen LogP contribution is -2.16. The summed E-state index contributed by atoms with van der Waals surface area (Å²) in [6.07, 6.45) is 0. The maximum atomic E-state index is 8.36. The Labute approximate surface area is 160 Å². The quantitative estimate of drug-likeness (QED) is 0.308. The van der Waals surface area contributed by atoms with Crippen molar-refractivity contribution in [2.45, 2.75) is 0 Å². The van der Waals surface area contributed by atoms with E-state index in [4.69, 9.17) is 59.1 Å². The van der Waals surface area contributed by atoms with Crippen molar-refractivity contribution in [3.63, 3.8) is 0 Å². The predicted molar refractivity (Wildman–Crippen MR) is 89.7 cm³/mol. The Morgan fingerprint density at radius 3 is 0.607 bits per heavy atom. The first-order valence-electron chi connectivity index (χ1n) is 7.59. The lowest BCUT2D eigenvalue weighted by atomic mass is 10.6. The minimum atomic E-state index is -1.50. The van der Waals surface area contributed by atoms with Gasteiger partial charge in [-0.3, -0.25) is 0 Å². The molecule has 0 aromatic carbocycles. The van der Waals surface area contributed by atoms with Crippen LogP contribution in [0.2, 0.25) is 0 Å². The third kappa shape index (κ3) is 49.6. The van der Waals surface area contributed by atoms with Gasteiger partial charge in [-0.15, -0.1) is 20.2 Å². The van der Waals surface area contributed by atoms with Crippen molar-refractivity contribution in [2.75, 3.05) is 79.3 Å². The van der Waals surface area contributed by atoms with Crippen LogP contribution in [0.15, 0.2) is 0 Å². The summed E-state index contributed by atoms with van der Waals surface area (Å²) in [5.41, 5.74) is 0. The van der Waals surface area contributed by atoms with Crippen LogP contribution >= 0.6 is 0 Å². The van der Waals surface area contributed by atoms with Gasteiger partial charge in [-0.05, 0) is 0 Å². The van der Waals surface area contributed by atoms with Crippen molar-refractivity contribution in [1.82, 2.24) is 0 Å². The molecule has 1 saturated heterocycles. The van der Waals surface area contributed by atoms with Crippen molar-refractivity contribution in [2.24, 2.45) is 0 Å². The Morgan fingerprint density at radius 1 is 0.464 bits per heavy atom. The van der Waals surface area contributed by atoms with Crippen molar-refractivity contribution >= 4 is 0 Å². The van der Waals surface area contributed by atoms with E-state index in [0.29, 0.717) is 79.3 Å². The van der Waals surface area contributed by atoms with E-state index in [0.717, 1.165) is 0 Å². The molecule has 16 heteroatoms. The van der Waals surface area contributed by atoms with Crippen molar-refractivity contribution in [3.05, 3.63) is 20.2 Å². The van der Waals surface area contributed by atoms with Crippen LogP contribution in [-0.4, -0.2) is 111 Å². The van der Waals surface area contributed by atoms with Gasteiger partial charge in [0.15, 0.2) is 0 Å². The van der Waals surface area contributed by atoms with E-state index >= 15 is 0 Å². The average Bonchev–Trinajstić information content (AvgIpc) is 2.54. The van der Waals surface area contributed by atoms with Crippen LogP contribution in [0.5, 0.6) is 0 Å².